The zero-order valence-corrected chi connectivity index (χ0v) is 19.0. The Morgan fingerprint density at radius 1 is 1.29 bits per heavy atom. The fourth-order valence-corrected chi connectivity index (χ4v) is 4.45. The molecule has 0 radical (unpaired) electrons. The normalized spacial score (nSPS) is 18.6. The number of amides is 1. The lowest BCUT2D eigenvalue weighted by molar-refractivity contribution is -0.140. The number of halogens is 2. The van der Waals surface area contributed by atoms with E-state index in [4.69, 9.17) is 26.2 Å². The van der Waals surface area contributed by atoms with Crippen LogP contribution in [0.3, 0.4) is 0 Å². The van der Waals surface area contributed by atoms with E-state index in [1.54, 1.807) is 23.1 Å². The van der Waals surface area contributed by atoms with Gasteiger partial charge in [0.2, 0.25) is 0 Å². The van der Waals surface area contributed by atoms with Gasteiger partial charge in [0, 0.05) is 19.2 Å². The molecule has 1 atom stereocenters. The summed E-state index contributed by atoms with van der Waals surface area (Å²) in [5.41, 5.74) is 0.858. The molecular weight excluding hydrogens is 465 g/mol. The topological polar surface area (TPSA) is 112 Å². The zero-order chi connectivity index (χ0) is 24.3. The summed E-state index contributed by atoms with van der Waals surface area (Å²) in [6.07, 6.45) is 0.728. The highest BCUT2D eigenvalue weighted by atomic mass is 35.5. The molecular formula is C24H23ClFN3O5. The summed E-state index contributed by atoms with van der Waals surface area (Å²) >= 11 is 6.14. The minimum absolute atomic E-state index is 0.148. The van der Waals surface area contributed by atoms with Crippen molar-refractivity contribution in [3.8, 4) is 17.6 Å². The summed E-state index contributed by atoms with van der Waals surface area (Å²) in [6, 6.07) is 11.6. The lowest BCUT2D eigenvalue weighted by Gasteiger charge is -2.39. The standard InChI is InChI=1S/C24H23ClFN3O5/c25-17-9-18-20(10-19(17)33-13-22(30)31)34-21(12-28-18)23(32)29-7-5-24(14-27,6-8-29)11-15-1-3-16(26)4-2-15/h1-4,9-10,21,28H,5-8,11-13H2,(H,30,31). The Balaban J connectivity index is 1.39. The van der Waals surface area contributed by atoms with Crippen LogP contribution in [-0.2, 0) is 16.0 Å². The number of piperidine rings is 1. The van der Waals surface area contributed by atoms with Gasteiger partial charge in [-0.15, -0.1) is 0 Å². The van der Waals surface area contributed by atoms with Gasteiger partial charge in [0.1, 0.15) is 17.3 Å². The molecule has 0 saturated carbocycles. The number of nitriles is 1. The number of carboxylic acid groups (broad SMARTS) is 1. The van der Waals surface area contributed by atoms with E-state index in [1.807, 2.05) is 0 Å². The first-order valence-electron chi connectivity index (χ1n) is 10.8. The van der Waals surface area contributed by atoms with E-state index in [1.165, 1.54) is 18.2 Å². The van der Waals surface area contributed by atoms with Gasteiger partial charge in [0.25, 0.3) is 5.91 Å². The number of hydrogen-bond acceptors (Lipinski definition) is 6. The van der Waals surface area contributed by atoms with Crippen molar-refractivity contribution < 1.29 is 28.6 Å². The molecule has 2 N–H and O–H groups in total. The van der Waals surface area contributed by atoms with Gasteiger partial charge in [-0.1, -0.05) is 23.7 Å². The Morgan fingerprint density at radius 3 is 2.65 bits per heavy atom. The molecule has 10 heteroatoms. The number of ether oxygens (including phenoxy) is 2. The van der Waals surface area contributed by atoms with E-state index in [0.29, 0.717) is 43.8 Å². The van der Waals surface area contributed by atoms with Gasteiger partial charge >= 0.3 is 5.97 Å². The van der Waals surface area contributed by atoms with Crippen LogP contribution < -0.4 is 14.8 Å². The quantitative estimate of drug-likeness (QED) is 0.641. The highest BCUT2D eigenvalue weighted by Crippen LogP contribution is 2.39. The molecule has 0 spiro atoms. The van der Waals surface area contributed by atoms with Crippen molar-refractivity contribution in [1.29, 1.82) is 5.26 Å². The van der Waals surface area contributed by atoms with E-state index in [0.717, 1.165) is 5.56 Å². The number of nitrogens with zero attached hydrogens (tertiary/aromatic N) is 2. The van der Waals surface area contributed by atoms with Crippen molar-refractivity contribution in [3.63, 3.8) is 0 Å². The number of aliphatic carboxylic acids is 1. The Morgan fingerprint density at radius 2 is 2.00 bits per heavy atom. The molecule has 0 aliphatic carbocycles. The molecule has 0 bridgehead atoms. The van der Waals surface area contributed by atoms with E-state index in [9.17, 15) is 19.2 Å². The molecule has 2 heterocycles. The summed E-state index contributed by atoms with van der Waals surface area (Å²) in [6.45, 7) is 0.509. The number of fused-ring (bicyclic) bond motifs is 1. The number of carbonyl (C=O) groups excluding carboxylic acids is 1. The summed E-state index contributed by atoms with van der Waals surface area (Å²) in [7, 11) is 0. The second-order valence-electron chi connectivity index (χ2n) is 8.47. The number of carboxylic acids is 1. The molecule has 2 aliphatic rings. The molecule has 1 saturated heterocycles. The summed E-state index contributed by atoms with van der Waals surface area (Å²) in [5, 5.41) is 22.0. The lowest BCUT2D eigenvalue weighted by atomic mass is 9.75. The van der Waals surface area contributed by atoms with Crippen molar-refractivity contribution in [2.75, 3.05) is 31.6 Å². The minimum Gasteiger partial charge on any atom is -0.480 e. The number of hydrogen-bond donors (Lipinski definition) is 2. The first-order valence-corrected chi connectivity index (χ1v) is 11.2. The maximum atomic E-state index is 13.2. The molecule has 1 amide bonds. The maximum absolute atomic E-state index is 13.2. The van der Waals surface area contributed by atoms with Gasteiger partial charge in [0.15, 0.2) is 12.7 Å². The molecule has 4 rings (SSSR count). The van der Waals surface area contributed by atoms with Crippen molar-refractivity contribution in [1.82, 2.24) is 4.90 Å². The van der Waals surface area contributed by atoms with Crippen molar-refractivity contribution >= 4 is 29.2 Å². The van der Waals surface area contributed by atoms with Gasteiger partial charge in [-0.25, -0.2) is 9.18 Å². The van der Waals surface area contributed by atoms with E-state index >= 15 is 0 Å². The average molecular weight is 488 g/mol. The molecule has 2 aromatic carbocycles. The van der Waals surface area contributed by atoms with Gasteiger partial charge in [-0.3, -0.25) is 4.79 Å². The SMILES string of the molecule is N#CC1(Cc2ccc(F)cc2)CCN(C(=O)C2CNc3cc(Cl)c(OCC(=O)O)cc3O2)CC1. The number of benzene rings is 2. The van der Waals surface area contributed by atoms with Crippen LogP contribution in [0.25, 0.3) is 0 Å². The van der Waals surface area contributed by atoms with Crippen LogP contribution in [0.5, 0.6) is 11.5 Å². The van der Waals surface area contributed by atoms with Crippen molar-refractivity contribution in [3.05, 3.63) is 52.8 Å². The summed E-state index contributed by atoms with van der Waals surface area (Å²) < 4.78 is 24.3. The summed E-state index contributed by atoms with van der Waals surface area (Å²) in [5.74, 6) is -1.17. The molecule has 1 unspecified atom stereocenters. The highest BCUT2D eigenvalue weighted by molar-refractivity contribution is 6.32. The van der Waals surface area contributed by atoms with E-state index in [-0.39, 0.29) is 29.0 Å². The predicted molar refractivity (Wildman–Crippen MR) is 121 cm³/mol. The van der Waals surface area contributed by atoms with Crippen molar-refractivity contribution in [2.45, 2.75) is 25.4 Å². The van der Waals surface area contributed by atoms with E-state index in [2.05, 4.69) is 11.4 Å². The largest absolute Gasteiger partial charge is 0.480 e. The van der Waals surface area contributed by atoms with Crippen LogP contribution in [0.4, 0.5) is 10.1 Å². The summed E-state index contributed by atoms with van der Waals surface area (Å²) in [4.78, 5) is 25.6. The van der Waals surface area contributed by atoms with Crippen LogP contribution in [0.2, 0.25) is 5.02 Å². The van der Waals surface area contributed by atoms with Gasteiger partial charge < -0.3 is 24.8 Å². The second-order valence-corrected chi connectivity index (χ2v) is 8.88. The van der Waals surface area contributed by atoms with Crippen LogP contribution in [0, 0.1) is 22.6 Å². The predicted octanol–water partition coefficient (Wildman–Crippen LogP) is 3.49. The third-order valence-corrected chi connectivity index (χ3v) is 6.43. The van der Waals surface area contributed by atoms with Gasteiger partial charge in [0.05, 0.1) is 28.7 Å². The number of carbonyl (C=O) groups is 2. The molecule has 1 fully saturated rings. The van der Waals surface area contributed by atoms with Gasteiger partial charge in [-0.2, -0.15) is 5.26 Å². The Kier molecular flexibility index (Phi) is 6.80. The van der Waals surface area contributed by atoms with E-state index < -0.39 is 24.1 Å². The first-order chi connectivity index (χ1) is 16.3. The molecule has 2 aromatic rings. The molecule has 8 nitrogen and oxygen atoms in total. The van der Waals surface area contributed by atoms with Crippen LogP contribution in [0.1, 0.15) is 18.4 Å². The van der Waals surface area contributed by atoms with Crippen LogP contribution >= 0.6 is 11.6 Å². The number of rotatable bonds is 6. The molecule has 2 aliphatic heterocycles. The third kappa shape index (κ3) is 5.18. The first kappa shape index (κ1) is 23.6. The number of nitrogens with one attached hydrogen (secondary N) is 1. The van der Waals surface area contributed by atoms with Gasteiger partial charge in [-0.05, 0) is 43.0 Å². The fourth-order valence-electron chi connectivity index (χ4n) is 4.24. The van der Waals surface area contributed by atoms with Crippen LogP contribution in [-0.4, -0.2) is 54.2 Å². The average Bonchev–Trinajstić information content (AvgIpc) is 2.84. The molecule has 34 heavy (non-hydrogen) atoms. The monoisotopic (exact) mass is 487 g/mol. The Hall–Kier alpha value is -3.51. The maximum Gasteiger partial charge on any atom is 0.341 e. The minimum atomic E-state index is -1.14. The van der Waals surface area contributed by atoms with Crippen molar-refractivity contribution in [2.24, 2.45) is 5.41 Å². The zero-order valence-electron chi connectivity index (χ0n) is 18.2. The number of likely N-dealkylation sites (tertiary alicyclic amines) is 1. The highest BCUT2D eigenvalue weighted by Gasteiger charge is 2.39. The third-order valence-electron chi connectivity index (χ3n) is 6.13. The number of anilines is 1. The molecule has 178 valence electrons. The fraction of sp³-hybridized carbons (Fsp3) is 0.375. The Bertz CT molecular complexity index is 1130. The smallest absolute Gasteiger partial charge is 0.341 e. The Labute approximate surface area is 200 Å². The second kappa shape index (κ2) is 9.77. The lowest BCUT2D eigenvalue weighted by Crippen LogP contribution is -2.51. The van der Waals surface area contributed by atoms with Crippen LogP contribution in [0.15, 0.2) is 36.4 Å². The molecule has 0 aromatic heterocycles.